The molecule has 0 aliphatic rings. The van der Waals surface area contributed by atoms with E-state index >= 15 is 0 Å². The molecular formula is C20H18F2N2O2. The first-order valence-corrected chi connectivity index (χ1v) is 8.19. The number of hydrogen-bond acceptors (Lipinski definition) is 4. The highest BCUT2D eigenvalue weighted by Gasteiger charge is 2.14. The Morgan fingerprint density at radius 3 is 2.50 bits per heavy atom. The highest BCUT2D eigenvalue weighted by Crippen LogP contribution is 2.33. The molecule has 0 saturated heterocycles. The van der Waals surface area contributed by atoms with E-state index in [-0.39, 0.29) is 17.9 Å². The van der Waals surface area contributed by atoms with Gasteiger partial charge in [-0.05, 0) is 42.3 Å². The van der Waals surface area contributed by atoms with Crippen LogP contribution in [0.15, 0.2) is 54.6 Å². The minimum absolute atomic E-state index is 0.0253. The summed E-state index contributed by atoms with van der Waals surface area (Å²) in [6.07, 6.45) is 0.520. The summed E-state index contributed by atoms with van der Waals surface area (Å²) in [6.45, 7) is 0.496. The zero-order valence-electron chi connectivity index (χ0n) is 13.9. The number of benzene rings is 2. The second-order valence-electron chi connectivity index (χ2n) is 5.75. The molecule has 0 fully saturated rings. The smallest absolute Gasteiger partial charge is 0.166 e. The summed E-state index contributed by atoms with van der Waals surface area (Å²) >= 11 is 0. The number of aliphatic hydroxyl groups is 1. The Balaban J connectivity index is 2.11. The van der Waals surface area contributed by atoms with Gasteiger partial charge in [0.1, 0.15) is 11.6 Å². The van der Waals surface area contributed by atoms with Gasteiger partial charge in [0, 0.05) is 24.3 Å². The summed E-state index contributed by atoms with van der Waals surface area (Å²) in [4.78, 5) is 4.44. The molecule has 1 heterocycles. The molecule has 3 N–H and O–H groups in total. The lowest BCUT2D eigenvalue weighted by Gasteiger charge is -2.12. The van der Waals surface area contributed by atoms with Crippen LogP contribution in [0.5, 0.6) is 5.75 Å². The van der Waals surface area contributed by atoms with Crippen LogP contribution < -0.4 is 5.32 Å². The molecule has 0 bridgehead atoms. The van der Waals surface area contributed by atoms with Crippen LogP contribution in [-0.4, -0.2) is 28.3 Å². The number of phenolic OH excluding ortho intramolecular Hbond substituents is 1. The monoisotopic (exact) mass is 356 g/mol. The van der Waals surface area contributed by atoms with Crippen LogP contribution >= 0.6 is 0 Å². The van der Waals surface area contributed by atoms with Crippen molar-refractivity contribution in [3.8, 4) is 28.1 Å². The molecule has 0 aliphatic carbocycles. The first kappa shape index (κ1) is 17.8. The minimum Gasteiger partial charge on any atom is -0.507 e. The number of pyridine rings is 1. The van der Waals surface area contributed by atoms with Crippen molar-refractivity contribution in [2.24, 2.45) is 0 Å². The van der Waals surface area contributed by atoms with Gasteiger partial charge >= 0.3 is 0 Å². The fourth-order valence-corrected chi connectivity index (χ4v) is 2.63. The Bertz CT molecular complexity index is 916. The molecule has 0 amide bonds. The lowest BCUT2D eigenvalue weighted by Crippen LogP contribution is -2.06. The van der Waals surface area contributed by atoms with Gasteiger partial charge in [0.25, 0.3) is 0 Å². The van der Waals surface area contributed by atoms with E-state index in [4.69, 9.17) is 5.11 Å². The number of nitrogens with one attached hydrogen (secondary N) is 1. The molecule has 0 saturated carbocycles. The average molecular weight is 356 g/mol. The largest absolute Gasteiger partial charge is 0.507 e. The zero-order chi connectivity index (χ0) is 18.5. The number of phenols is 1. The van der Waals surface area contributed by atoms with Gasteiger partial charge in [-0.1, -0.05) is 24.3 Å². The molecule has 0 atom stereocenters. The third-order valence-electron chi connectivity index (χ3n) is 3.91. The molecule has 2 aromatic carbocycles. The third-order valence-corrected chi connectivity index (χ3v) is 3.91. The highest BCUT2D eigenvalue weighted by atomic mass is 19.2. The van der Waals surface area contributed by atoms with Crippen LogP contribution in [0, 0.1) is 11.6 Å². The van der Waals surface area contributed by atoms with Crippen LogP contribution in [0.3, 0.4) is 0 Å². The van der Waals surface area contributed by atoms with E-state index in [9.17, 15) is 13.9 Å². The van der Waals surface area contributed by atoms with Crippen molar-refractivity contribution in [2.45, 2.75) is 6.42 Å². The number of anilines is 1. The van der Waals surface area contributed by atoms with Crippen molar-refractivity contribution in [3.05, 3.63) is 66.2 Å². The summed E-state index contributed by atoms with van der Waals surface area (Å²) in [5, 5.41) is 22.1. The molecule has 0 aliphatic heterocycles. The molecule has 134 valence electrons. The predicted octanol–water partition coefficient (Wildman–Crippen LogP) is 4.19. The number of aliphatic hydroxyl groups excluding tert-OH is 1. The van der Waals surface area contributed by atoms with Crippen molar-refractivity contribution < 1.29 is 19.0 Å². The van der Waals surface area contributed by atoms with Crippen LogP contribution in [0.25, 0.3) is 22.4 Å². The number of hydrogen-bond donors (Lipinski definition) is 3. The number of aromatic nitrogens is 1. The van der Waals surface area contributed by atoms with Crippen molar-refractivity contribution in [1.82, 2.24) is 4.98 Å². The Morgan fingerprint density at radius 2 is 1.73 bits per heavy atom. The zero-order valence-corrected chi connectivity index (χ0v) is 13.9. The number of aromatic hydroxyl groups is 1. The quantitative estimate of drug-likeness (QED) is 0.580. The molecule has 0 unspecified atom stereocenters. The van der Waals surface area contributed by atoms with Crippen LogP contribution in [0.4, 0.5) is 14.6 Å². The molecule has 6 heteroatoms. The lowest BCUT2D eigenvalue weighted by atomic mass is 10.0. The summed E-state index contributed by atoms with van der Waals surface area (Å²) < 4.78 is 27.9. The summed E-state index contributed by atoms with van der Waals surface area (Å²) in [7, 11) is 0. The lowest BCUT2D eigenvalue weighted by molar-refractivity contribution is 0.292. The summed E-state index contributed by atoms with van der Waals surface area (Å²) in [6, 6.07) is 13.9. The standard InChI is InChI=1S/C20H18F2N2O2/c21-16-7-3-6-14(20(16)22)13-11-17(15-5-1-2-8-18(15)26)24-19(12-13)23-9-4-10-25/h1-3,5-8,11-12,25-26H,4,9-10H2,(H,23,24). The van der Waals surface area contributed by atoms with Gasteiger partial charge in [-0.3, -0.25) is 0 Å². The van der Waals surface area contributed by atoms with Crippen molar-refractivity contribution in [3.63, 3.8) is 0 Å². The Labute approximate surface area is 149 Å². The first-order chi connectivity index (χ1) is 12.6. The summed E-state index contributed by atoms with van der Waals surface area (Å²) in [5.74, 6) is -1.39. The second kappa shape index (κ2) is 7.93. The van der Waals surface area contributed by atoms with Crippen molar-refractivity contribution in [2.75, 3.05) is 18.5 Å². The van der Waals surface area contributed by atoms with E-state index in [0.717, 1.165) is 6.07 Å². The third kappa shape index (κ3) is 3.81. The molecule has 3 rings (SSSR count). The molecule has 0 radical (unpaired) electrons. The maximum absolute atomic E-state index is 14.2. The molecule has 1 aromatic heterocycles. The normalized spacial score (nSPS) is 10.7. The van der Waals surface area contributed by atoms with Crippen molar-refractivity contribution >= 4 is 5.82 Å². The predicted molar refractivity (Wildman–Crippen MR) is 96.9 cm³/mol. The van der Waals surface area contributed by atoms with Gasteiger partial charge in [0.15, 0.2) is 11.6 Å². The van der Waals surface area contributed by atoms with Gasteiger partial charge < -0.3 is 15.5 Å². The van der Waals surface area contributed by atoms with Gasteiger partial charge in [0.05, 0.1) is 5.69 Å². The van der Waals surface area contributed by atoms with E-state index in [1.807, 2.05) is 0 Å². The number of rotatable bonds is 6. The average Bonchev–Trinajstić information content (AvgIpc) is 2.64. The van der Waals surface area contributed by atoms with E-state index in [2.05, 4.69) is 10.3 Å². The van der Waals surface area contributed by atoms with Gasteiger partial charge in [0.2, 0.25) is 0 Å². The number of halogens is 2. The highest BCUT2D eigenvalue weighted by molar-refractivity contribution is 5.76. The SMILES string of the molecule is OCCCNc1cc(-c2cccc(F)c2F)cc(-c2ccccc2O)n1. The first-order valence-electron chi connectivity index (χ1n) is 8.19. The van der Waals surface area contributed by atoms with Gasteiger partial charge in [-0.15, -0.1) is 0 Å². The van der Waals surface area contributed by atoms with E-state index < -0.39 is 11.6 Å². The Hall–Kier alpha value is -2.99. The van der Waals surface area contributed by atoms with E-state index in [1.54, 1.807) is 30.3 Å². The van der Waals surface area contributed by atoms with E-state index in [0.29, 0.717) is 35.6 Å². The van der Waals surface area contributed by atoms with Gasteiger partial charge in [-0.25, -0.2) is 13.8 Å². The molecule has 4 nitrogen and oxygen atoms in total. The Morgan fingerprint density at radius 1 is 0.962 bits per heavy atom. The molecule has 0 spiro atoms. The van der Waals surface area contributed by atoms with Crippen LogP contribution in [-0.2, 0) is 0 Å². The molecule has 26 heavy (non-hydrogen) atoms. The summed E-state index contributed by atoms with van der Waals surface area (Å²) in [5.41, 5.74) is 1.45. The topological polar surface area (TPSA) is 65.4 Å². The number of para-hydroxylation sites is 1. The fourth-order valence-electron chi connectivity index (χ4n) is 2.63. The van der Waals surface area contributed by atoms with Gasteiger partial charge in [-0.2, -0.15) is 0 Å². The van der Waals surface area contributed by atoms with Crippen LogP contribution in [0.1, 0.15) is 6.42 Å². The van der Waals surface area contributed by atoms with E-state index in [1.165, 1.54) is 18.2 Å². The fraction of sp³-hybridized carbons (Fsp3) is 0.150. The van der Waals surface area contributed by atoms with Crippen LogP contribution in [0.2, 0.25) is 0 Å². The minimum atomic E-state index is -0.941. The Kier molecular flexibility index (Phi) is 5.43. The molecule has 3 aromatic rings. The van der Waals surface area contributed by atoms with Crippen molar-refractivity contribution in [1.29, 1.82) is 0 Å². The maximum atomic E-state index is 14.2. The second-order valence-corrected chi connectivity index (χ2v) is 5.75. The maximum Gasteiger partial charge on any atom is 0.166 e. The molecular weight excluding hydrogens is 338 g/mol. The number of nitrogens with zero attached hydrogens (tertiary/aromatic N) is 1.